The maximum Gasteiger partial charge on any atom is 0.148 e. The van der Waals surface area contributed by atoms with Crippen LogP contribution in [0.1, 0.15) is 5.56 Å². The second-order valence-corrected chi connectivity index (χ2v) is 5.05. The molecule has 0 aliphatic rings. The van der Waals surface area contributed by atoms with Crippen molar-refractivity contribution in [2.75, 3.05) is 11.9 Å². The zero-order valence-electron chi connectivity index (χ0n) is 11.0. The van der Waals surface area contributed by atoms with E-state index in [9.17, 15) is 8.78 Å². The van der Waals surface area contributed by atoms with Crippen LogP contribution in [0.3, 0.4) is 0 Å². The first-order valence-corrected chi connectivity index (χ1v) is 6.93. The highest BCUT2D eigenvalue weighted by Gasteiger charge is 2.09. The summed E-state index contributed by atoms with van der Waals surface area (Å²) in [5.41, 5.74) is 0.887. The lowest BCUT2D eigenvalue weighted by Gasteiger charge is -2.12. The molecule has 0 radical (unpaired) electrons. The minimum Gasteiger partial charge on any atom is -0.481 e. The third kappa shape index (κ3) is 3.96. The summed E-state index contributed by atoms with van der Waals surface area (Å²) in [5, 5.41) is 2.85. The van der Waals surface area contributed by atoms with Crippen molar-refractivity contribution in [3.63, 3.8) is 0 Å². The van der Waals surface area contributed by atoms with Crippen LogP contribution in [-0.2, 0) is 6.54 Å². The molecule has 0 heterocycles. The molecule has 21 heavy (non-hydrogen) atoms. The number of rotatable bonds is 5. The van der Waals surface area contributed by atoms with Crippen molar-refractivity contribution in [3.05, 3.63) is 58.1 Å². The summed E-state index contributed by atoms with van der Waals surface area (Å²) in [6.45, 7) is 0.441. The van der Waals surface area contributed by atoms with Crippen LogP contribution in [0.25, 0.3) is 0 Å². The van der Waals surface area contributed by atoms with E-state index in [2.05, 4.69) is 27.2 Å². The number of ether oxygens (including phenoxy) is 1. The summed E-state index contributed by atoms with van der Waals surface area (Å²) >= 11 is 2.93. The Balaban J connectivity index is 2.13. The maximum absolute atomic E-state index is 13.7. The zero-order chi connectivity index (χ0) is 15.2. The van der Waals surface area contributed by atoms with Crippen LogP contribution in [0.4, 0.5) is 14.5 Å². The van der Waals surface area contributed by atoms with Gasteiger partial charge in [0.05, 0.1) is 10.2 Å². The van der Waals surface area contributed by atoms with E-state index < -0.39 is 11.6 Å². The topological polar surface area (TPSA) is 21.3 Å². The highest BCUT2D eigenvalue weighted by atomic mass is 79.9. The lowest BCUT2D eigenvalue weighted by Crippen LogP contribution is -2.05. The van der Waals surface area contributed by atoms with Crippen molar-refractivity contribution in [1.29, 1.82) is 0 Å². The number of anilines is 1. The first kappa shape index (κ1) is 15.3. The van der Waals surface area contributed by atoms with Gasteiger partial charge in [-0.05, 0) is 28.1 Å². The molecule has 2 aromatic carbocycles. The first-order chi connectivity index (χ1) is 10.1. The summed E-state index contributed by atoms with van der Waals surface area (Å²) in [4.78, 5) is 0. The van der Waals surface area contributed by atoms with Gasteiger partial charge >= 0.3 is 0 Å². The number of hydrogen-bond acceptors (Lipinski definition) is 2. The Hall–Kier alpha value is -2.06. The van der Waals surface area contributed by atoms with Crippen molar-refractivity contribution < 1.29 is 13.5 Å². The molecule has 5 heteroatoms. The van der Waals surface area contributed by atoms with Crippen LogP contribution in [0.5, 0.6) is 5.75 Å². The van der Waals surface area contributed by atoms with Gasteiger partial charge in [0.15, 0.2) is 0 Å². The second-order valence-electron chi connectivity index (χ2n) is 4.20. The molecule has 2 aromatic rings. The van der Waals surface area contributed by atoms with E-state index in [-0.39, 0.29) is 16.8 Å². The summed E-state index contributed by atoms with van der Waals surface area (Å²) in [6.07, 6.45) is 5.16. The molecule has 0 fully saturated rings. The van der Waals surface area contributed by atoms with Crippen molar-refractivity contribution in [3.8, 4) is 18.1 Å². The van der Waals surface area contributed by atoms with Gasteiger partial charge in [0.2, 0.25) is 0 Å². The first-order valence-electron chi connectivity index (χ1n) is 6.14. The van der Waals surface area contributed by atoms with Crippen LogP contribution in [0.15, 0.2) is 40.9 Å². The summed E-state index contributed by atoms with van der Waals surface area (Å²) in [5.74, 6) is 1.93. The molecule has 1 N–H and O–H groups in total. The summed E-state index contributed by atoms with van der Waals surface area (Å²) in [7, 11) is 0. The van der Waals surface area contributed by atoms with Crippen LogP contribution >= 0.6 is 15.9 Å². The number of benzene rings is 2. The minimum atomic E-state index is -0.537. The molecule has 0 saturated heterocycles. The van der Waals surface area contributed by atoms with Gasteiger partial charge in [-0.1, -0.05) is 24.1 Å². The van der Waals surface area contributed by atoms with E-state index >= 15 is 0 Å². The largest absolute Gasteiger partial charge is 0.481 e. The average Bonchev–Trinajstić information content (AvgIpc) is 2.48. The van der Waals surface area contributed by atoms with Gasteiger partial charge in [0.1, 0.15) is 24.0 Å². The molecule has 0 unspecified atom stereocenters. The van der Waals surface area contributed by atoms with E-state index in [0.717, 1.165) is 17.7 Å². The lowest BCUT2D eigenvalue weighted by molar-refractivity contribution is 0.366. The summed E-state index contributed by atoms with van der Waals surface area (Å²) < 4.78 is 32.6. The van der Waals surface area contributed by atoms with Crippen LogP contribution in [0.2, 0.25) is 0 Å². The Morgan fingerprint density at radius 3 is 2.71 bits per heavy atom. The number of para-hydroxylation sites is 1. The molecular formula is C16H12BrF2NO. The highest BCUT2D eigenvalue weighted by molar-refractivity contribution is 9.10. The van der Waals surface area contributed by atoms with Gasteiger partial charge in [-0.15, -0.1) is 6.42 Å². The van der Waals surface area contributed by atoms with Gasteiger partial charge < -0.3 is 10.1 Å². The number of hydrogen-bond donors (Lipinski definition) is 1. The molecule has 0 aliphatic carbocycles. The Morgan fingerprint density at radius 2 is 1.95 bits per heavy atom. The monoisotopic (exact) mass is 351 g/mol. The quantitative estimate of drug-likeness (QED) is 0.638. The van der Waals surface area contributed by atoms with Gasteiger partial charge in [-0.25, -0.2) is 8.78 Å². The van der Waals surface area contributed by atoms with Gasteiger partial charge in [-0.3, -0.25) is 0 Å². The van der Waals surface area contributed by atoms with Gasteiger partial charge in [0.25, 0.3) is 0 Å². The van der Waals surface area contributed by atoms with E-state index in [1.165, 1.54) is 0 Å². The van der Waals surface area contributed by atoms with Crippen LogP contribution in [0, 0.1) is 24.0 Å². The normalized spacial score (nSPS) is 10.0. The van der Waals surface area contributed by atoms with E-state index in [0.29, 0.717) is 12.3 Å². The fourth-order valence-electron chi connectivity index (χ4n) is 1.76. The van der Waals surface area contributed by atoms with Crippen LogP contribution < -0.4 is 10.1 Å². The van der Waals surface area contributed by atoms with E-state index in [1.807, 2.05) is 18.2 Å². The number of terminal acetylenes is 1. The second kappa shape index (κ2) is 7.09. The minimum absolute atomic E-state index is 0.0856. The van der Waals surface area contributed by atoms with E-state index in [4.69, 9.17) is 11.2 Å². The fourth-order valence-corrected chi connectivity index (χ4v) is 2.07. The molecular weight excluding hydrogens is 340 g/mol. The average molecular weight is 352 g/mol. The van der Waals surface area contributed by atoms with Crippen molar-refractivity contribution in [2.45, 2.75) is 6.54 Å². The molecule has 0 atom stereocenters. The molecule has 2 nitrogen and oxygen atoms in total. The molecule has 0 spiro atoms. The van der Waals surface area contributed by atoms with Crippen molar-refractivity contribution >= 4 is 21.6 Å². The van der Waals surface area contributed by atoms with Crippen molar-refractivity contribution in [1.82, 2.24) is 0 Å². The predicted molar refractivity (Wildman–Crippen MR) is 82.2 cm³/mol. The van der Waals surface area contributed by atoms with Gasteiger partial charge in [-0.2, -0.15) is 0 Å². The predicted octanol–water partition coefficient (Wildman–Crippen LogP) is 4.35. The molecule has 108 valence electrons. The Bertz CT molecular complexity index is 682. The van der Waals surface area contributed by atoms with E-state index in [1.54, 1.807) is 6.07 Å². The third-order valence-corrected chi connectivity index (χ3v) is 3.37. The Kier molecular flexibility index (Phi) is 5.18. The SMILES string of the molecule is C#CCOc1ccccc1CNc1cc(F)c(Br)cc1F. The lowest BCUT2D eigenvalue weighted by atomic mass is 10.2. The molecule has 0 bridgehead atoms. The Morgan fingerprint density at radius 1 is 1.19 bits per heavy atom. The van der Waals surface area contributed by atoms with Crippen molar-refractivity contribution in [2.24, 2.45) is 0 Å². The summed E-state index contributed by atoms with van der Waals surface area (Å²) in [6, 6.07) is 9.43. The smallest absolute Gasteiger partial charge is 0.148 e. The fraction of sp³-hybridized carbons (Fsp3) is 0.125. The zero-order valence-corrected chi connectivity index (χ0v) is 12.6. The Labute approximate surface area is 130 Å². The number of nitrogens with one attached hydrogen (secondary N) is 1. The molecule has 0 amide bonds. The van der Waals surface area contributed by atoms with Crippen LogP contribution in [-0.4, -0.2) is 6.61 Å². The standard InChI is InChI=1S/C16H12BrF2NO/c1-2-7-21-16-6-4-3-5-11(16)10-20-15-9-13(18)12(17)8-14(15)19/h1,3-6,8-9,20H,7,10H2. The highest BCUT2D eigenvalue weighted by Crippen LogP contribution is 2.25. The van der Waals surface area contributed by atoms with Gasteiger partial charge in [0, 0.05) is 18.2 Å². The molecule has 0 aromatic heterocycles. The number of halogens is 3. The third-order valence-electron chi connectivity index (χ3n) is 2.76. The molecule has 0 saturated carbocycles. The maximum atomic E-state index is 13.7. The molecule has 2 rings (SSSR count). The molecule has 0 aliphatic heterocycles.